The van der Waals surface area contributed by atoms with Gasteiger partial charge in [-0.3, -0.25) is 0 Å². The molecule has 0 bridgehead atoms. The minimum absolute atomic E-state index is 0.576. The molecule has 11 heavy (non-hydrogen) atoms. The molecule has 0 saturated carbocycles. The van der Waals surface area contributed by atoms with Gasteiger partial charge in [-0.25, -0.2) is 0 Å². The van der Waals surface area contributed by atoms with E-state index in [0.717, 1.165) is 14.5 Å². The molecule has 0 fully saturated rings. The van der Waals surface area contributed by atoms with Crippen LogP contribution < -0.4 is 5.73 Å². The third-order valence-corrected chi connectivity index (χ3v) is 3.44. The summed E-state index contributed by atoms with van der Waals surface area (Å²) in [7, 11) is 0. The molecule has 0 saturated heterocycles. The second-order valence-corrected chi connectivity index (χ2v) is 4.98. The van der Waals surface area contributed by atoms with Crippen LogP contribution in [0.4, 0.5) is 0 Å². The molecule has 0 heterocycles. The number of benzene rings is 1. The summed E-state index contributed by atoms with van der Waals surface area (Å²) in [5.41, 5.74) is 6.71. The molecule has 0 spiro atoms. The molecule has 0 amide bonds. The summed E-state index contributed by atoms with van der Waals surface area (Å²) in [6.45, 7) is 0.576. The van der Waals surface area contributed by atoms with Crippen LogP contribution in [0.15, 0.2) is 21.1 Å². The maximum Gasteiger partial charge on any atom is 0.0241 e. The van der Waals surface area contributed by atoms with Crippen molar-refractivity contribution in [2.45, 2.75) is 6.54 Å². The van der Waals surface area contributed by atoms with Gasteiger partial charge >= 0.3 is 0 Å². The molecule has 1 aromatic rings. The molecule has 2 N–H and O–H groups in total. The van der Waals surface area contributed by atoms with E-state index in [4.69, 9.17) is 5.73 Å². The lowest BCUT2D eigenvalue weighted by molar-refractivity contribution is 1.05. The average molecular weight is 391 g/mol. The highest BCUT2D eigenvalue weighted by molar-refractivity contribution is 14.1. The maximum atomic E-state index is 5.55. The van der Waals surface area contributed by atoms with Gasteiger partial charge in [0.2, 0.25) is 0 Å². The number of nitrogens with two attached hydrogens (primary N) is 1. The molecular weight excluding hydrogens is 385 g/mol. The molecule has 0 aliphatic rings. The standard InChI is InChI=1S/C7H6Br2IN/c8-4-1-6(9)5(3-11)7(10)2-4/h1-2H,3,11H2. The van der Waals surface area contributed by atoms with E-state index in [1.165, 1.54) is 3.57 Å². The maximum absolute atomic E-state index is 5.55. The van der Waals surface area contributed by atoms with Crippen LogP contribution in [0, 0.1) is 3.57 Å². The van der Waals surface area contributed by atoms with Gasteiger partial charge in [-0.05, 0) is 40.3 Å². The molecule has 0 atom stereocenters. The van der Waals surface area contributed by atoms with Gasteiger partial charge in [0.25, 0.3) is 0 Å². The molecule has 0 aliphatic carbocycles. The second-order valence-electron chi connectivity index (χ2n) is 2.05. The largest absolute Gasteiger partial charge is 0.326 e. The Morgan fingerprint density at radius 3 is 2.45 bits per heavy atom. The number of hydrogen-bond acceptors (Lipinski definition) is 1. The highest BCUT2D eigenvalue weighted by Crippen LogP contribution is 2.26. The summed E-state index contributed by atoms with van der Waals surface area (Å²) in [5.74, 6) is 0. The van der Waals surface area contributed by atoms with Crippen molar-refractivity contribution in [1.82, 2.24) is 0 Å². The zero-order valence-corrected chi connectivity index (χ0v) is 10.9. The number of rotatable bonds is 1. The molecule has 0 unspecified atom stereocenters. The van der Waals surface area contributed by atoms with Crippen molar-refractivity contribution in [3.05, 3.63) is 30.2 Å². The zero-order valence-electron chi connectivity index (χ0n) is 5.57. The van der Waals surface area contributed by atoms with E-state index in [1.807, 2.05) is 12.1 Å². The first-order chi connectivity index (χ1) is 5.15. The first-order valence-electron chi connectivity index (χ1n) is 2.98. The van der Waals surface area contributed by atoms with Crippen molar-refractivity contribution in [2.24, 2.45) is 5.73 Å². The minimum Gasteiger partial charge on any atom is -0.326 e. The molecule has 0 aliphatic heterocycles. The van der Waals surface area contributed by atoms with Gasteiger partial charge in [-0.15, -0.1) is 0 Å². The van der Waals surface area contributed by atoms with Crippen molar-refractivity contribution in [3.63, 3.8) is 0 Å². The smallest absolute Gasteiger partial charge is 0.0241 e. The Balaban J connectivity index is 3.25. The van der Waals surface area contributed by atoms with Crippen LogP contribution in [0.1, 0.15) is 5.56 Å². The summed E-state index contributed by atoms with van der Waals surface area (Å²) in [6.07, 6.45) is 0. The van der Waals surface area contributed by atoms with Gasteiger partial charge in [0.05, 0.1) is 0 Å². The van der Waals surface area contributed by atoms with Crippen LogP contribution in [0.25, 0.3) is 0 Å². The highest BCUT2D eigenvalue weighted by atomic mass is 127. The average Bonchev–Trinajstić information content (AvgIpc) is 1.85. The van der Waals surface area contributed by atoms with Gasteiger partial charge in [-0.1, -0.05) is 31.9 Å². The molecule has 1 nitrogen and oxygen atoms in total. The van der Waals surface area contributed by atoms with E-state index in [0.29, 0.717) is 6.54 Å². The van der Waals surface area contributed by atoms with E-state index >= 15 is 0 Å². The summed E-state index contributed by atoms with van der Waals surface area (Å²) in [5, 5.41) is 0. The van der Waals surface area contributed by atoms with Crippen LogP contribution >= 0.6 is 54.5 Å². The lowest BCUT2D eigenvalue weighted by Crippen LogP contribution is -2.00. The SMILES string of the molecule is NCc1c(Br)cc(Br)cc1I. The summed E-state index contributed by atoms with van der Waals surface area (Å²) >= 11 is 9.12. The van der Waals surface area contributed by atoms with Gasteiger partial charge in [0.15, 0.2) is 0 Å². The Labute approximate surface area is 96.1 Å². The number of hydrogen-bond donors (Lipinski definition) is 1. The van der Waals surface area contributed by atoms with Crippen molar-refractivity contribution < 1.29 is 0 Å². The first-order valence-corrected chi connectivity index (χ1v) is 5.65. The molecule has 60 valence electrons. The Morgan fingerprint density at radius 2 is 2.00 bits per heavy atom. The first kappa shape index (κ1) is 9.95. The van der Waals surface area contributed by atoms with Gasteiger partial charge in [-0.2, -0.15) is 0 Å². The van der Waals surface area contributed by atoms with Crippen molar-refractivity contribution >= 4 is 54.5 Å². The normalized spacial score (nSPS) is 10.2. The molecule has 0 aromatic heterocycles. The highest BCUT2D eigenvalue weighted by Gasteiger charge is 2.03. The van der Waals surface area contributed by atoms with Crippen molar-refractivity contribution in [2.75, 3.05) is 0 Å². The van der Waals surface area contributed by atoms with Crippen LogP contribution in [-0.2, 0) is 6.54 Å². The van der Waals surface area contributed by atoms with Gasteiger partial charge in [0, 0.05) is 19.1 Å². The van der Waals surface area contributed by atoms with Crippen LogP contribution in [0.3, 0.4) is 0 Å². The minimum atomic E-state index is 0.576. The van der Waals surface area contributed by atoms with E-state index in [9.17, 15) is 0 Å². The predicted molar refractivity (Wildman–Crippen MR) is 62.5 cm³/mol. The van der Waals surface area contributed by atoms with Crippen molar-refractivity contribution in [1.29, 1.82) is 0 Å². The fraction of sp³-hybridized carbons (Fsp3) is 0.143. The summed E-state index contributed by atoms with van der Waals surface area (Å²) < 4.78 is 3.33. The molecule has 1 rings (SSSR count). The topological polar surface area (TPSA) is 26.0 Å². The monoisotopic (exact) mass is 389 g/mol. The molecular formula is C7H6Br2IN. The second kappa shape index (κ2) is 4.20. The van der Waals surface area contributed by atoms with E-state index < -0.39 is 0 Å². The van der Waals surface area contributed by atoms with Crippen LogP contribution in [-0.4, -0.2) is 0 Å². The van der Waals surface area contributed by atoms with E-state index in [1.54, 1.807) is 0 Å². The third kappa shape index (κ3) is 2.40. The quantitative estimate of drug-likeness (QED) is 0.732. The van der Waals surface area contributed by atoms with Gasteiger partial charge in [0.1, 0.15) is 0 Å². The zero-order chi connectivity index (χ0) is 8.43. The predicted octanol–water partition coefficient (Wildman–Crippen LogP) is 3.27. The number of halogens is 3. The van der Waals surface area contributed by atoms with E-state index in [2.05, 4.69) is 54.5 Å². The Kier molecular flexibility index (Phi) is 3.80. The molecule has 0 radical (unpaired) electrons. The van der Waals surface area contributed by atoms with Crippen LogP contribution in [0.2, 0.25) is 0 Å². The Morgan fingerprint density at radius 1 is 1.36 bits per heavy atom. The van der Waals surface area contributed by atoms with Gasteiger partial charge < -0.3 is 5.73 Å². The fourth-order valence-electron chi connectivity index (χ4n) is 0.767. The Hall–Kier alpha value is 0.870. The third-order valence-electron chi connectivity index (χ3n) is 1.31. The molecule has 1 aromatic carbocycles. The lowest BCUT2D eigenvalue weighted by atomic mass is 10.2. The summed E-state index contributed by atoms with van der Waals surface area (Å²) in [4.78, 5) is 0. The molecule has 4 heteroatoms. The lowest BCUT2D eigenvalue weighted by Gasteiger charge is -2.04. The van der Waals surface area contributed by atoms with Crippen molar-refractivity contribution in [3.8, 4) is 0 Å². The fourth-order valence-corrected chi connectivity index (χ4v) is 3.80. The van der Waals surface area contributed by atoms with Crippen LogP contribution in [0.5, 0.6) is 0 Å². The van der Waals surface area contributed by atoms with E-state index in [-0.39, 0.29) is 0 Å². The summed E-state index contributed by atoms with van der Waals surface area (Å²) in [6, 6.07) is 4.05. The Bertz CT molecular complexity index is 252.